The molecule has 0 heterocycles. The van der Waals surface area contributed by atoms with Gasteiger partial charge < -0.3 is 24.6 Å². The summed E-state index contributed by atoms with van der Waals surface area (Å²) in [6.45, 7) is 0.246. The van der Waals surface area contributed by atoms with Gasteiger partial charge in [-0.2, -0.15) is 5.10 Å². The van der Waals surface area contributed by atoms with Gasteiger partial charge >= 0.3 is 11.8 Å². The molecule has 0 aliphatic rings. The Hall–Kier alpha value is -3.46. The van der Waals surface area contributed by atoms with Crippen LogP contribution in [0.2, 0.25) is 5.02 Å². The van der Waals surface area contributed by atoms with E-state index in [0.717, 1.165) is 5.56 Å². The first-order valence-corrected chi connectivity index (χ1v) is 9.16. The number of phenolic OH excluding ortho intramolecular Hbond substituents is 1. The Morgan fingerprint density at radius 2 is 1.73 bits per heavy atom. The Morgan fingerprint density at radius 1 is 1.03 bits per heavy atom. The molecule has 160 valence electrons. The number of halogens is 1. The summed E-state index contributed by atoms with van der Waals surface area (Å²) in [5, 5.41) is 16.0. The Morgan fingerprint density at radius 3 is 2.40 bits per heavy atom. The van der Waals surface area contributed by atoms with Crippen LogP contribution in [0.25, 0.3) is 0 Å². The van der Waals surface area contributed by atoms with Crippen molar-refractivity contribution < 1.29 is 28.9 Å². The van der Waals surface area contributed by atoms with Crippen molar-refractivity contribution in [3.63, 3.8) is 0 Å². The van der Waals surface area contributed by atoms with Gasteiger partial charge in [-0.15, -0.1) is 0 Å². The number of hydrogen-bond acceptors (Lipinski definition) is 7. The van der Waals surface area contributed by atoms with Gasteiger partial charge in [0.15, 0.2) is 23.0 Å². The van der Waals surface area contributed by atoms with E-state index in [1.54, 1.807) is 19.2 Å². The molecule has 2 rings (SSSR count). The first-order valence-electron chi connectivity index (χ1n) is 8.78. The Balaban J connectivity index is 1.85. The van der Waals surface area contributed by atoms with Crippen LogP contribution in [-0.4, -0.2) is 51.0 Å². The minimum Gasteiger partial charge on any atom is -0.503 e. The van der Waals surface area contributed by atoms with Crippen LogP contribution >= 0.6 is 11.6 Å². The number of carbonyl (C=O) groups excluding carboxylic acids is 2. The van der Waals surface area contributed by atoms with Gasteiger partial charge in [0, 0.05) is 6.54 Å². The van der Waals surface area contributed by atoms with E-state index >= 15 is 0 Å². The minimum atomic E-state index is -0.921. The van der Waals surface area contributed by atoms with Crippen molar-refractivity contribution in [1.82, 2.24) is 10.7 Å². The maximum Gasteiger partial charge on any atom is 0.329 e. The third-order valence-electron chi connectivity index (χ3n) is 4.00. The lowest BCUT2D eigenvalue weighted by Crippen LogP contribution is -2.38. The largest absolute Gasteiger partial charge is 0.503 e. The number of nitrogens with zero attached hydrogens (tertiary/aromatic N) is 1. The second-order valence-electron chi connectivity index (χ2n) is 5.95. The van der Waals surface area contributed by atoms with E-state index in [1.807, 2.05) is 6.07 Å². The maximum atomic E-state index is 11.9. The first kappa shape index (κ1) is 22.8. The molecule has 0 aliphatic heterocycles. The lowest BCUT2D eigenvalue weighted by molar-refractivity contribution is -0.139. The van der Waals surface area contributed by atoms with Crippen LogP contribution in [0.5, 0.6) is 23.0 Å². The number of amides is 2. The molecule has 0 saturated heterocycles. The second kappa shape index (κ2) is 10.9. The van der Waals surface area contributed by atoms with Crippen LogP contribution in [0.3, 0.4) is 0 Å². The summed E-state index contributed by atoms with van der Waals surface area (Å²) < 4.78 is 15.4. The van der Waals surface area contributed by atoms with Crippen molar-refractivity contribution in [1.29, 1.82) is 0 Å². The highest BCUT2D eigenvalue weighted by Gasteiger charge is 2.13. The predicted molar refractivity (Wildman–Crippen MR) is 112 cm³/mol. The van der Waals surface area contributed by atoms with E-state index in [-0.39, 0.29) is 23.1 Å². The van der Waals surface area contributed by atoms with Gasteiger partial charge in [0.2, 0.25) is 0 Å². The van der Waals surface area contributed by atoms with Crippen LogP contribution in [-0.2, 0) is 16.0 Å². The highest BCUT2D eigenvalue weighted by atomic mass is 35.5. The van der Waals surface area contributed by atoms with Crippen LogP contribution < -0.4 is 25.0 Å². The van der Waals surface area contributed by atoms with Crippen LogP contribution in [0, 0.1) is 0 Å². The number of hydrogen-bond donors (Lipinski definition) is 3. The summed E-state index contributed by atoms with van der Waals surface area (Å²) >= 11 is 5.88. The number of benzene rings is 2. The average molecular weight is 436 g/mol. The molecule has 0 radical (unpaired) electrons. The van der Waals surface area contributed by atoms with E-state index in [0.29, 0.717) is 23.5 Å². The van der Waals surface area contributed by atoms with E-state index in [1.165, 1.54) is 32.6 Å². The van der Waals surface area contributed by atoms with Crippen molar-refractivity contribution >= 4 is 29.6 Å². The Labute approximate surface area is 178 Å². The van der Waals surface area contributed by atoms with E-state index in [9.17, 15) is 14.7 Å². The number of aromatic hydroxyl groups is 1. The molecule has 10 heteroatoms. The van der Waals surface area contributed by atoms with Crippen molar-refractivity contribution in [2.24, 2.45) is 5.10 Å². The summed E-state index contributed by atoms with van der Waals surface area (Å²) in [6.07, 6.45) is 1.76. The quantitative estimate of drug-likeness (QED) is 0.331. The molecule has 0 unspecified atom stereocenters. The Bertz CT molecular complexity index is 948. The number of methoxy groups -OCH3 is 3. The molecular weight excluding hydrogens is 414 g/mol. The fourth-order valence-electron chi connectivity index (χ4n) is 2.48. The van der Waals surface area contributed by atoms with Gasteiger partial charge in [0.25, 0.3) is 0 Å². The standard InChI is InChI=1S/C20H22ClN3O6/c1-28-15-5-4-12(9-16(15)29-2)6-7-22-19(26)20(27)24-23-11-13-8-14(21)18(25)17(10-13)30-3/h4-5,8-11,25H,6-7H2,1-3H3,(H,22,26)(H,24,27)/b23-11-. The first-order chi connectivity index (χ1) is 14.4. The molecule has 3 N–H and O–H groups in total. The minimum absolute atomic E-state index is 0.0648. The normalized spacial score (nSPS) is 10.5. The van der Waals surface area contributed by atoms with Crippen LogP contribution in [0.4, 0.5) is 0 Å². The Kier molecular flexibility index (Phi) is 8.30. The summed E-state index contributed by atoms with van der Waals surface area (Å²) in [6, 6.07) is 8.31. The van der Waals surface area contributed by atoms with Gasteiger partial charge in [-0.25, -0.2) is 5.43 Å². The summed E-state index contributed by atoms with van der Waals surface area (Å²) in [5.74, 6) is -0.601. The molecule has 2 aromatic rings. The van der Waals surface area contributed by atoms with Crippen molar-refractivity contribution in [2.75, 3.05) is 27.9 Å². The number of phenols is 1. The number of rotatable bonds is 8. The average Bonchev–Trinajstić information content (AvgIpc) is 2.75. The highest BCUT2D eigenvalue weighted by molar-refractivity contribution is 6.35. The molecule has 0 bridgehead atoms. The SMILES string of the molecule is COc1ccc(CCNC(=O)C(=O)N/N=C\c2cc(Cl)c(O)c(OC)c2)cc1OC. The van der Waals surface area contributed by atoms with E-state index < -0.39 is 11.8 Å². The molecule has 0 atom stereocenters. The summed E-state index contributed by atoms with van der Waals surface area (Å²) in [7, 11) is 4.46. The molecule has 2 aromatic carbocycles. The molecule has 0 aliphatic carbocycles. The van der Waals surface area contributed by atoms with Gasteiger partial charge in [-0.1, -0.05) is 17.7 Å². The predicted octanol–water partition coefficient (Wildman–Crippen LogP) is 1.88. The van der Waals surface area contributed by atoms with E-state index in [2.05, 4.69) is 15.8 Å². The second-order valence-corrected chi connectivity index (χ2v) is 6.36. The lowest BCUT2D eigenvalue weighted by Gasteiger charge is -2.10. The third kappa shape index (κ3) is 6.02. The van der Waals surface area contributed by atoms with Gasteiger partial charge in [-0.3, -0.25) is 9.59 Å². The molecular formula is C20H22ClN3O6. The molecule has 30 heavy (non-hydrogen) atoms. The molecule has 9 nitrogen and oxygen atoms in total. The summed E-state index contributed by atoms with van der Waals surface area (Å²) in [4.78, 5) is 23.7. The maximum absolute atomic E-state index is 11.9. The van der Waals surface area contributed by atoms with Gasteiger partial charge in [0.05, 0.1) is 32.6 Å². The number of ether oxygens (including phenoxy) is 3. The molecule has 0 aromatic heterocycles. The van der Waals surface area contributed by atoms with Crippen molar-refractivity contribution in [3.8, 4) is 23.0 Å². The monoisotopic (exact) mass is 435 g/mol. The van der Waals surface area contributed by atoms with Gasteiger partial charge in [-0.05, 0) is 41.8 Å². The zero-order valence-corrected chi connectivity index (χ0v) is 17.4. The molecule has 0 saturated carbocycles. The van der Waals surface area contributed by atoms with Crippen LogP contribution in [0.15, 0.2) is 35.4 Å². The lowest BCUT2D eigenvalue weighted by atomic mass is 10.1. The van der Waals surface area contributed by atoms with Crippen molar-refractivity contribution in [3.05, 3.63) is 46.5 Å². The number of carbonyl (C=O) groups is 2. The van der Waals surface area contributed by atoms with E-state index in [4.69, 9.17) is 25.8 Å². The number of nitrogens with one attached hydrogen (secondary N) is 2. The fourth-order valence-corrected chi connectivity index (χ4v) is 2.70. The zero-order chi connectivity index (χ0) is 22.1. The van der Waals surface area contributed by atoms with Gasteiger partial charge in [0.1, 0.15) is 0 Å². The number of hydrazone groups is 1. The van der Waals surface area contributed by atoms with Crippen molar-refractivity contribution in [2.45, 2.75) is 6.42 Å². The zero-order valence-electron chi connectivity index (χ0n) is 16.7. The fraction of sp³-hybridized carbons (Fsp3) is 0.250. The molecule has 0 fully saturated rings. The smallest absolute Gasteiger partial charge is 0.329 e. The summed E-state index contributed by atoms with van der Waals surface area (Å²) in [5.41, 5.74) is 3.49. The molecule has 2 amide bonds. The highest BCUT2D eigenvalue weighted by Crippen LogP contribution is 2.34. The molecule has 0 spiro atoms. The topological polar surface area (TPSA) is 118 Å². The van der Waals surface area contributed by atoms with Crippen LogP contribution in [0.1, 0.15) is 11.1 Å². The third-order valence-corrected chi connectivity index (χ3v) is 4.29.